The molecule has 1 aromatic carbocycles. The van der Waals surface area contributed by atoms with Crippen LogP contribution in [0.2, 0.25) is 0 Å². The quantitative estimate of drug-likeness (QED) is 0.868. The average molecular weight is 367 g/mol. The predicted molar refractivity (Wildman–Crippen MR) is 103 cm³/mol. The summed E-state index contributed by atoms with van der Waals surface area (Å²) in [5.41, 5.74) is 1.14. The van der Waals surface area contributed by atoms with Crippen molar-refractivity contribution in [3.63, 3.8) is 0 Å². The van der Waals surface area contributed by atoms with Gasteiger partial charge in [-0.1, -0.05) is 37.3 Å². The molecule has 2 fully saturated rings. The van der Waals surface area contributed by atoms with Gasteiger partial charge < -0.3 is 15.0 Å². The summed E-state index contributed by atoms with van der Waals surface area (Å²) in [6.45, 7) is 6.80. The Morgan fingerprint density at radius 2 is 1.92 bits per heavy atom. The molecule has 0 aliphatic carbocycles. The second-order valence-electron chi connectivity index (χ2n) is 7.03. The van der Waals surface area contributed by atoms with Gasteiger partial charge in [-0.25, -0.2) is 0 Å². The minimum atomic E-state index is -0.0769. The van der Waals surface area contributed by atoms with E-state index in [9.17, 15) is 4.79 Å². The van der Waals surface area contributed by atoms with E-state index in [4.69, 9.17) is 4.74 Å². The number of likely N-dealkylation sites (tertiary alicyclic amines) is 1. The van der Waals surface area contributed by atoms with Gasteiger partial charge in [0.05, 0.1) is 12.0 Å². The fourth-order valence-corrected chi connectivity index (χ4v) is 3.95. The van der Waals surface area contributed by atoms with Gasteiger partial charge in [-0.2, -0.15) is 0 Å². The van der Waals surface area contributed by atoms with Crippen LogP contribution in [0.5, 0.6) is 0 Å². The van der Waals surface area contributed by atoms with Crippen molar-refractivity contribution in [1.82, 2.24) is 10.2 Å². The number of hydrogen-bond donors (Lipinski definition) is 1. The molecular weight excluding hydrogens is 336 g/mol. The lowest BCUT2D eigenvalue weighted by atomic mass is 9.87. The number of ether oxygens (including phenoxy) is 1. The van der Waals surface area contributed by atoms with Crippen LogP contribution in [-0.4, -0.2) is 43.6 Å². The number of rotatable bonds is 5. The molecular formula is C20H31ClN2O2. The first-order chi connectivity index (χ1) is 11.8. The van der Waals surface area contributed by atoms with Crippen LogP contribution in [0.4, 0.5) is 0 Å². The van der Waals surface area contributed by atoms with Crippen molar-refractivity contribution in [1.29, 1.82) is 0 Å². The monoisotopic (exact) mass is 366 g/mol. The van der Waals surface area contributed by atoms with E-state index < -0.39 is 0 Å². The minimum Gasteiger partial charge on any atom is -0.373 e. The lowest BCUT2D eigenvalue weighted by molar-refractivity contribution is -0.147. The van der Waals surface area contributed by atoms with Crippen molar-refractivity contribution in [2.75, 3.05) is 32.8 Å². The van der Waals surface area contributed by atoms with Gasteiger partial charge >= 0.3 is 0 Å². The topological polar surface area (TPSA) is 41.6 Å². The highest BCUT2D eigenvalue weighted by Crippen LogP contribution is 2.35. The zero-order valence-corrected chi connectivity index (χ0v) is 16.0. The summed E-state index contributed by atoms with van der Waals surface area (Å²) in [5.74, 6) is 0.985. The molecule has 2 unspecified atom stereocenters. The summed E-state index contributed by atoms with van der Waals surface area (Å²) >= 11 is 0. The Morgan fingerprint density at radius 1 is 1.20 bits per heavy atom. The third-order valence-corrected chi connectivity index (χ3v) is 5.38. The summed E-state index contributed by atoms with van der Waals surface area (Å²) in [5, 5.41) is 3.43. The molecule has 1 aromatic rings. The molecule has 0 aromatic heterocycles. The minimum absolute atomic E-state index is 0. The summed E-state index contributed by atoms with van der Waals surface area (Å²) in [7, 11) is 0. The van der Waals surface area contributed by atoms with Gasteiger partial charge in [-0.15, -0.1) is 12.4 Å². The fraction of sp³-hybridized carbons (Fsp3) is 0.650. The van der Waals surface area contributed by atoms with Crippen LogP contribution in [0.25, 0.3) is 0 Å². The number of nitrogens with one attached hydrogen (secondary N) is 1. The Hall–Kier alpha value is -1.10. The number of carbonyl (C=O) groups is 1. The first-order valence-electron chi connectivity index (χ1n) is 9.45. The van der Waals surface area contributed by atoms with Crippen molar-refractivity contribution in [3.8, 4) is 0 Å². The van der Waals surface area contributed by atoms with E-state index in [1.165, 1.54) is 0 Å². The van der Waals surface area contributed by atoms with Crippen LogP contribution in [0.1, 0.15) is 44.3 Å². The van der Waals surface area contributed by atoms with Gasteiger partial charge in [0.2, 0.25) is 5.91 Å². The van der Waals surface area contributed by atoms with Crippen molar-refractivity contribution < 1.29 is 9.53 Å². The van der Waals surface area contributed by atoms with Gasteiger partial charge in [0.1, 0.15) is 0 Å². The molecule has 140 valence electrons. The Labute approximate surface area is 157 Å². The number of amides is 1. The first kappa shape index (κ1) is 20.2. The third-order valence-electron chi connectivity index (χ3n) is 5.38. The molecule has 0 bridgehead atoms. The Kier molecular flexibility index (Phi) is 8.20. The van der Waals surface area contributed by atoms with Crippen molar-refractivity contribution in [3.05, 3.63) is 35.9 Å². The highest BCUT2D eigenvalue weighted by atomic mass is 35.5. The highest BCUT2D eigenvalue weighted by molar-refractivity contribution is 5.85. The molecule has 2 atom stereocenters. The largest absolute Gasteiger partial charge is 0.373 e. The van der Waals surface area contributed by atoms with E-state index in [0.717, 1.165) is 64.0 Å². The number of nitrogens with zero attached hydrogens (tertiary/aromatic N) is 1. The first-order valence-corrected chi connectivity index (χ1v) is 9.45. The van der Waals surface area contributed by atoms with Crippen LogP contribution >= 0.6 is 12.4 Å². The van der Waals surface area contributed by atoms with Gasteiger partial charge in [0.15, 0.2) is 0 Å². The molecule has 1 N–H and O–H groups in total. The molecule has 1 amide bonds. The SMILES string of the molecule is CCNCC1CCN(C(=O)C2CCCOC2c2ccccc2)CC1.Cl. The molecule has 4 nitrogen and oxygen atoms in total. The van der Waals surface area contributed by atoms with E-state index in [-0.39, 0.29) is 24.4 Å². The predicted octanol–water partition coefficient (Wildman–Crippen LogP) is 3.42. The van der Waals surface area contributed by atoms with Crippen LogP contribution in [0.15, 0.2) is 30.3 Å². The van der Waals surface area contributed by atoms with Gasteiger partial charge in [-0.05, 0) is 50.3 Å². The maximum Gasteiger partial charge on any atom is 0.228 e. The maximum atomic E-state index is 13.1. The molecule has 2 saturated heterocycles. The lowest BCUT2D eigenvalue weighted by Gasteiger charge is -2.38. The molecule has 0 spiro atoms. The van der Waals surface area contributed by atoms with Crippen LogP contribution in [0, 0.1) is 11.8 Å². The van der Waals surface area contributed by atoms with E-state index in [1.807, 2.05) is 18.2 Å². The van der Waals surface area contributed by atoms with Crippen molar-refractivity contribution in [2.45, 2.75) is 38.7 Å². The average Bonchev–Trinajstić information content (AvgIpc) is 2.67. The van der Waals surface area contributed by atoms with Gasteiger partial charge in [0.25, 0.3) is 0 Å². The Morgan fingerprint density at radius 3 is 2.60 bits per heavy atom. The summed E-state index contributed by atoms with van der Waals surface area (Å²) in [4.78, 5) is 15.2. The van der Waals surface area contributed by atoms with E-state index >= 15 is 0 Å². The highest BCUT2D eigenvalue weighted by Gasteiger charge is 2.36. The van der Waals surface area contributed by atoms with Crippen LogP contribution < -0.4 is 5.32 Å². The summed E-state index contributed by atoms with van der Waals surface area (Å²) < 4.78 is 6.01. The van der Waals surface area contributed by atoms with E-state index in [2.05, 4.69) is 29.3 Å². The molecule has 5 heteroatoms. The number of halogens is 1. The third kappa shape index (κ3) is 5.19. The molecule has 3 rings (SSSR count). The normalized spacial score (nSPS) is 24.6. The van der Waals surface area contributed by atoms with Crippen LogP contribution in [0.3, 0.4) is 0 Å². The van der Waals surface area contributed by atoms with Crippen molar-refractivity contribution in [2.24, 2.45) is 11.8 Å². The second kappa shape index (κ2) is 10.1. The van der Waals surface area contributed by atoms with Crippen LogP contribution in [-0.2, 0) is 9.53 Å². The summed E-state index contributed by atoms with van der Waals surface area (Å²) in [6.07, 6.45) is 4.07. The van der Waals surface area contributed by atoms with E-state index in [1.54, 1.807) is 0 Å². The molecule has 2 aliphatic rings. The molecule has 2 heterocycles. The van der Waals surface area contributed by atoms with Gasteiger partial charge in [-0.3, -0.25) is 4.79 Å². The van der Waals surface area contributed by atoms with E-state index in [0.29, 0.717) is 11.8 Å². The number of carbonyl (C=O) groups excluding carboxylic acids is 1. The fourth-order valence-electron chi connectivity index (χ4n) is 3.95. The second-order valence-corrected chi connectivity index (χ2v) is 7.03. The van der Waals surface area contributed by atoms with Crippen molar-refractivity contribution >= 4 is 18.3 Å². The number of benzene rings is 1. The standard InChI is InChI=1S/C20H30N2O2.ClH/c1-2-21-15-16-10-12-22(13-11-16)20(23)18-9-6-14-24-19(18)17-7-4-3-5-8-17;/h3-5,7-8,16,18-19,21H,2,6,9-15H2,1H3;1H. The maximum absolute atomic E-state index is 13.1. The molecule has 0 saturated carbocycles. The molecule has 2 aliphatic heterocycles. The Bertz CT molecular complexity index is 518. The molecule has 0 radical (unpaired) electrons. The molecule has 25 heavy (non-hydrogen) atoms. The Balaban J connectivity index is 0.00000225. The smallest absolute Gasteiger partial charge is 0.228 e. The lowest BCUT2D eigenvalue weighted by Crippen LogP contribution is -2.45. The van der Waals surface area contributed by atoms with Gasteiger partial charge in [0, 0.05) is 19.7 Å². The number of hydrogen-bond acceptors (Lipinski definition) is 3. The summed E-state index contributed by atoms with van der Waals surface area (Å²) in [6, 6.07) is 10.2. The number of piperidine rings is 1. The zero-order chi connectivity index (χ0) is 16.8. The zero-order valence-electron chi connectivity index (χ0n) is 15.2.